The van der Waals surface area contributed by atoms with Gasteiger partial charge in [-0.15, -0.1) is 0 Å². The smallest absolute Gasteiger partial charge is 0.259 e. The van der Waals surface area contributed by atoms with Crippen molar-refractivity contribution in [3.8, 4) is 0 Å². The van der Waals surface area contributed by atoms with Crippen LogP contribution in [0.2, 0.25) is 0 Å². The maximum absolute atomic E-state index is 12.1. The second-order valence-electron chi connectivity index (χ2n) is 4.60. The SMILES string of the molecule is CCC(CO)(CO)N1C(=O)C2CCC(O2)C1=O. The maximum Gasteiger partial charge on any atom is 0.259 e. The summed E-state index contributed by atoms with van der Waals surface area (Å²) in [5, 5.41) is 18.8. The number of fused-ring (bicyclic) bond motifs is 2. The van der Waals surface area contributed by atoms with E-state index in [1.54, 1.807) is 6.92 Å². The van der Waals surface area contributed by atoms with Crippen LogP contribution in [0.5, 0.6) is 0 Å². The number of likely N-dealkylation sites (tertiary alicyclic amines) is 1. The van der Waals surface area contributed by atoms with Gasteiger partial charge in [0.1, 0.15) is 12.2 Å². The minimum Gasteiger partial charge on any atom is -0.394 e. The Labute approximate surface area is 99.2 Å². The molecule has 2 rings (SSSR count). The van der Waals surface area contributed by atoms with Gasteiger partial charge in [0.2, 0.25) is 0 Å². The third kappa shape index (κ3) is 1.67. The fourth-order valence-corrected chi connectivity index (χ4v) is 2.44. The van der Waals surface area contributed by atoms with Gasteiger partial charge in [-0.1, -0.05) is 6.92 Å². The van der Waals surface area contributed by atoms with Crippen molar-refractivity contribution in [3.05, 3.63) is 0 Å². The first-order chi connectivity index (χ1) is 8.09. The zero-order chi connectivity index (χ0) is 12.6. The predicted molar refractivity (Wildman–Crippen MR) is 56.9 cm³/mol. The molecular formula is C11H17NO5. The Balaban J connectivity index is 2.35. The second kappa shape index (κ2) is 4.36. The van der Waals surface area contributed by atoms with Gasteiger partial charge in [0, 0.05) is 0 Å². The molecule has 17 heavy (non-hydrogen) atoms. The molecule has 0 aromatic carbocycles. The largest absolute Gasteiger partial charge is 0.394 e. The van der Waals surface area contributed by atoms with Gasteiger partial charge in [0.15, 0.2) is 0 Å². The monoisotopic (exact) mass is 243 g/mol. The van der Waals surface area contributed by atoms with Crippen LogP contribution >= 0.6 is 0 Å². The summed E-state index contributed by atoms with van der Waals surface area (Å²) >= 11 is 0. The lowest BCUT2D eigenvalue weighted by Gasteiger charge is -2.43. The van der Waals surface area contributed by atoms with Gasteiger partial charge < -0.3 is 14.9 Å². The summed E-state index contributed by atoms with van der Waals surface area (Å²) in [7, 11) is 0. The van der Waals surface area contributed by atoms with Crippen LogP contribution in [-0.4, -0.2) is 57.9 Å². The Morgan fingerprint density at radius 1 is 1.24 bits per heavy atom. The molecule has 2 atom stereocenters. The molecule has 2 N–H and O–H groups in total. The van der Waals surface area contributed by atoms with Crippen molar-refractivity contribution >= 4 is 11.8 Å². The average Bonchev–Trinajstić information content (AvgIpc) is 2.80. The number of imide groups is 1. The highest BCUT2D eigenvalue weighted by atomic mass is 16.5. The van der Waals surface area contributed by atoms with Gasteiger partial charge >= 0.3 is 0 Å². The zero-order valence-corrected chi connectivity index (χ0v) is 9.76. The number of morpholine rings is 1. The molecule has 96 valence electrons. The summed E-state index contributed by atoms with van der Waals surface area (Å²) in [5.74, 6) is -0.873. The van der Waals surface area contributed by atoms with E-state index in [0.29, 0.717) is 19.3 Å². The van der Waals surface area contributed by atoms with Crippen molar-refractivity contribution in [1.82, 2.24) is 4.90 Å². The topological polar surface area (TPSA) is 87.1 Å². The van der Waals surface area contributed by atoms with Crippen molar-refractivity contribution in [3.63, 3.8) is 0 Å². The second-order valence-corrected chi connectivity index (χ2v) is 4.60. The van der Waals surface area contributed by atoms with E-state index >= 15 is 0 Å². The Bertz CT molecular complexity index is 308. The number of aliphatic hydroxyl groups excluding tert-OH is 2. The lowest BCUT2D eigenvalue weighted by atomic mass is 9.94. The van der Waals surface area contributed by atoms with Gasteiger partial charge in [0.05, 0.1) is 18.8 Å². The lowest BCUT2D eigenvalue weighted by molar-refractivity contribution is -0.181. The third-order valence-electron chi connectivity index (χ3n) is 3.73. The van der Waals surface area contributed by atoms with E-state index in [9.17, 15) is 19.8 Å². The fourth-order valence-electron chi connectivity index (χ4n) is 2.44. The Morgan fingerprint density at radius 2 is 1.71 bits per heavy atom. The van der Waals surface area contributed by atoms with E-state index < -0.39 is 42.8 Å². The number of amides is 2. The number of carbonyl (C=O) groups excluding carboxylic acids is 2. The molecule has 2 heterocycles. The molecular weight excluding hydrogens is 226 g/mol. The quantitative estimate of drug-likeness (QED) is 0.621. The molecule has 2 unspecified atom stereocenters. The summed E-state index contributed by atoms with van der Waals surface area (Å²) in [4.78, 5) is 25.2. The number of hydrogen-bond donors (Lipinski definition) is 2. The molecule has 2 saturated heterocycles. The fraction of sp³-hybridized carbons (Fsp3) is 0.818. The minimum atomic E-state index is -1.20. The van der Waals surface area contributed by atoms with Crippen molar-refractivity contribution < 1.29 is 24.5 Å². The summed E-state index contributed by atoms with van der Waals surface area (Å²) < 4.78 is 5.28. The van der Waals surface area contributed by atoms with Gasteiger partial charge in [-0.2, -0.15) is 0 Å². The molecule has 6 heteroatoms. The molecule has 0 saturated carbocycles. The summed E-state index contributed by atoms with van der Waals surface area (Å²) in [6.45, 7) is 0.859. The molecule has 2 aliphatic rings. The lowest BCUT2D eigenvalue weighted by Crippen LogP contribution is -2.65. The number of nitrogens with zero attached hydrogens (tertiary/aromatic N) is 1. The minimum absolute atomic E-state index is 0.316. The maximum atomic E-state index is 12.1. The van der Waals surface area contributed by atoms with Gasteiger partial charge in [-0.05, 0) is 19.3 Å². The number of carbonyl (C=O) groups is 2. The van der Waals surface area contributed by atoms with Gasteiger partial charge in [-0.3, -0.25) is 14.5 Å². The van der Waals surface area contributed by atoms with E-state index in [4.69, 9.17) is 4.74 Å². The van der Waals surface area contributed by atoms with Crippen LogP contribution in [0, 0.1) is 0 Å². The molecule has 2 bridgehead atoms. The highest BCUT2D eigenvalue weighted by Gasteiger charge is 2.53. The first-order valence-electron chi connectivity index (χ1n) is 5.84. The van der Waals surface area contributed by atoms with Crippen molar-refractivity contribution in [2.45, 2.75) is 43.9 Å². The molecule has 0 radical (unpaired) electrons. The molecule has 0 spiro atoms. The number of hydrogen-bond acceptors (Lipinski definition) is 5. The molecule has 0 aromatic heterocycles. The Kier molecular flexibility index (Phi) is 3.20. The highest BCUT2D eigenvalue weighted by Crippen LogP contribution is 2.33. The van der Waals surface area contributed by atoms with Crippen LogP contribution in [0.4, 0.5) is 0 Å². The van der Waals surface area contributed by atoms with Crippen LogP contribution in [0.3, 0.4) is 0 Å². The predicted octanol–water partition coefficient (Wildman–Crippen LogP) is -0.964. The standard InChI is InChI=1S/C11H17NO5/c1-2-11(5-13,6-14)12-9(15)7-3-4-8(17-7)10(12)16/h7-8,13-14H,2-6H2,1H3. The molecule has 2 amide bonds. The van der Waals surface area contributed by atoms with Crippen molar-refractivity contribution in [2.24, 2.45) is 0 Å². The average molecular weight is 243 g/mol. The van der Waals surface area contributed by atoms with Gasteiger partial charge in [0.25, 0.3) is 11.8 Å². The normalized spacial score (nSPS) is 29.0. The van der Waals surface area contributed by atoms with E-state index in [2.05, 4.69) is 0 Å². The molecule has 0 aliphatic carbocycles. The molecule has 0 aromatic rings. The van der Waals surface area contributed by atoms with Crippen LogP contribution in [0.1, 0.15) is 26.2 Å². The van der Waals surface area contributed by atoms with E-state index in [-0.39, 0.29) is 0 Å². The van der Waals surface area contributed by atoms with Crippen LogP contribution in [0.15, 0.2) is 0 Å². The number of rotatable bonds is 4. The highest BCUT2D eigenvalue weighted by molar-refractivity contribution is 6.03. The Morgan fingerprint density at radius 3 is 2.06 bits per heavy atom. The summed E-state index contributed by atoms with van der Waals surface area (Å²) in [5.41, 5.74) is -1.20. The molecule has 6 nitrogen and oxygen atoms in total. The van der Waals surface area contributed by atoms with Crippen LogP contribution in [-0.2, 0) is 14.3 Å². The summed E-state index contributed by atoms with van der Waals surface area (Å²) in [6.07, 6.45) is 0.185. The third-order valence-corrected chi connectivity index (χ3v) is 3.73. The number of ether oxygens (including phenoxy) is 1. The van der Waals surface area contributed by atoms with Crippen LogP contribution < -0.4 is 0 Å². The zero-order valence-electron chi connectivity index (χ0n) is 9.76. The molecule has 2 fully saturated rings. The van der Waals surface area contributed by atoms with E-state index in [1.807, 2.05) is 0 Å². The summed E-state index contributed by atoms with van der Waals surface area (Å²) in [6, 6.07) is 0. The van der Waals surface area contributed by atoms with E-state index in [0.717, 1.165) is 4.90 Å². The van der Waals surface area contributed by atoms with Crippen molar-refractivity contribution in [2.75, 3.05) is 13.2 Å². The first kappa shape index (κ1) is 12.5. The Hall–Kier alpha value is -0.980. The number of aliphatic hydroxyl groups is 2. The van der Waals surface area contributed by atoms with Crippen molar-refractivity contribution in [1.29, 1.82) is 0 Å². The van der Waals surface area contributed by atoms with E-state index in [1.165, 1.54) is 0 Å². The van der Waals surface area contributed by atoms with Gasteiger partial charge in [-0.25, -0.2) is 0 Å². The first-order valence-corrected chi connectivity index (χ1v) is 5.84. The molecule has 2 aliphatic heterocycles. The van der Waals surface area contributed by atoms with Crippen LogP contribution in [0.25, 0.3) is 0 Å².